The second kappa shape index (κ2) is 9.02. The minimum atomic E-state index is -4.65. The van der Waals surface area contributed by atoms with E-state index in [9.17, 15) is 26.4 Å². The Morgan fingerprint density at radius 2 is 1.74 bits per heavy atom. The fourth-order valence-electron chi connectivity index (χ4n) is 3.97. The molecule has 4 rings (SSSR count). The van der Waals surface area contributed by atoms with E-state index < -0.39 is 27.7 Å². The highest BCUT2D eigenvalue weighted by atomic mass is 32.2. The minimum absolute atomic E-state index is 0.0599. The lowest BCUT2D eigenvalue weighted by atomic mass is 10.0. The average Bonchev–Trinajstić information content (AvgIpc) is 3.14. The van der Waals surface area contributed by atoms with Crippen molar-refractivity contribution in [2.24, 2.45) is 0 Å². The summed E-state index contributed by atoms with van der Waals surface area (Å²) in [5.41, 5.74) is -0.934. The summed E-state index contributed by atoms with van der Waals surface area (Å²) in [6.45, 7) is 0.183. The Kier molecular flexibility index (Phi) is 6.26. The number of aryl methyl sites for hydroxylation is 1. The molecule has 4 aromatic rings. The van der Waals surface area contributed by atoms with Gasteiger partial charge in [0.15, 0.2) is 0 Å². The number of aromatic nitrogens is 1. The molecule has 0 radical (unpaired) electrons. The number of carbonyl (C=O) groups is 1. The zero-order valence-electron chi connectivity index (χ0n) is 18.1. The zero-order valence-corrected chi connectivity index (χ0v) is 18.9. The number of aromatic amines is 1. The first-order valence-electron chi connectivity index (χ1n) is 10.4. The first-order valence-corrected chi connectivity index (χ1v) is 12.3. The van der Waals surface area contributed by atoms with Crippen LogP contribution in [0.2, 0.25) is 0 Å². The average molecular weight is 491 g/mol. The van der Waals surface area contributed by atoms with Gasteiger partial charge < -0.3 is 9.72 Å². The normalized spacial score (nSPS) is 12.2. The zero-order chi connectivity index (χ0) is 24.5. The second-order valence-corrected chi connectivity index (χ2v) is 9.59. The predicted octanol–water partition coefficient (Wildman–Crippen LogP) is 5.04. The Bertz CT molecular complexity index is 1470. The molecule has 0 spiro atoms. The number of hydrogen-bond donors (Lipinski definition) is 2. The van der Waals surface area contributed by atoms with Crippen molar-refractivity contribution in [3.05, 3.63) is 77.5 Å². The molecule has 34 heavy (non-hydrogen) atoms. The second-order valence-electron chi connectivity index (χ2n) is 7.84. The van der Waals surface area contributed by atoms with Crippen LogP contribution in [-0.2, 0) is 22.6 Å². The van der Waals surface area contributed by atoms with E-state index in [2.05, 4.69) is 4.98 Å². The molecule has 3 aromatic carbocycles. The van der Waals surface area contributed by atoms with Crippen molar-refractivity contribution in [1.82, 2.24) is 9.71 Å². The highest BCUT2D eigenvalue weighted by Gasteiger charge is 2.35. The summed E-state index contributed by atoms with van der Waals surface area (Å²) >= 11 is 0. The molecule has 0 aliphatic heterocycles. The van der Waals surface area contributed by atoms with Gasteiger partial charge in [-0.25, -0.2) is 13.1 Å². The predicted molar refractivity (Wildman–Crippen MR) is 123 cm³/mol. The van der Waals surface area contributed by atoms with E-state index >= 15 is 0 Å². The van der Waals surface area contributed by atoms with Crippen molar-refractivity contribution in [2.45, 2.75) is 19.0 Å². The third-order valence-corrected chi connectivity index (χ3v) is 5.87. The molecule has 1 heterocycles. The molecule has 0 saturated heterocycles. The highest BCUT2D eigenvalue weighted by Crippen LogP contribution is 2.38. The Morgan fingerprint density at radius 1 is 1.03 bits per heavy atom. The monoisotopic (exact) mass is 490 g/mol. The van der Waals surface area contributed by atoms with Gasteiger partial charge in [-0.2, -0.15) is 13.2 Å². The lowest BCUT2D eigenvalue weighted by molar-refractivity contribution is -0.136. The van der Waals surface area contributed by atoms with Crippen LogP contribution in [0.5, 0.6) is 5.75 Å². The molecule has 6 nitrogen and oxygen atoms in total. The van der Waals surface area contributed by atoms with Crippen molar-refractivity contribution in [2.75, 3.05) is 12.9 Å². The first kappa shape index (κ1) is 23.6. The number of amides is 1. The quantitative estimate of drug-likeness (QED) is 0.355. The van der Waals surface area contributed by atoms with Crippen molar-refractivity contribution in [3.63, 3.8) is 0 Å². The number of H-pyrrole nitrogens is 1. The summed E-state index contributed by atoms with van der Waals surface area (Å²) in [7, 11) is -3.91. The van der Waals surface area contributed by atoms with Crippen LogP contribution in [0.4, 0.5) is 13.2 Å². The smallest absolute Gasteiger partial charge is 0.417 e. The molecule has 10 heteroatoms. The molecule has 0 aliphatic rings. The number of nitrogens with one attached hydrogen (secondary N) is 2. The Hall–Kier alpha value is -3.53. The third kappa shape index (κ3) is 5.01. The van der Waals surface area contributed by atoms with Crippen LogP contribution in [0.15, 0.2) is 60.7 Å². The highest BCUT2D eigenvalue weighted by molar-refractivity contribution is 7.89. The van der Waals surface area contributed by atoms with Crippen LogP contribution in [0.25, 0.3) is 21.7 Å². The van der Waals surface area contributed by atoms with Crippen LogP contribution in [0.3, 0.4) is 0 Å². The van der Waals surface area contributed by atoms with Gasteiger partial charge in [0.2, 0.25) is 10.0 Å². The number of ether oxygens (including phenoxy) is 1. The summed E-state index contributed by atoms with van der Waals surface area (Å²) in [6.07, 6.45) is -3.50. The Labute approximate surface area is 193 Å². The number of carbonyl (C=O) groups excluding carboxylic acids is 1. The van der Waals surface area contributed by atoms with E-state index in [0.717, 1.165) is 23.1 Å². The van der Waals surface area contributed by atoms with Crippen molar-refractivity contribution in [1.29, 1.82) is 0 Å². The number of alkyl halides is 3. The topological polar surface area (TPSA) is 88.3 Å². The molecule has 0 atom stereocenters. The maximum Gasteiger partial charge on any atom is 0.417 e. The van der Waals surface area contributed by atoms with Crippen molar-refractivity contribution < 1.29 is 31.1 Å². The van der Waals surface area contributed by atoms with Crippen LogP contribution >= 0.6 is 0 Å². The molecule has 0 saturated carbocycles. The fraction of sp³-hybridized carbons (Fsp3) is 0.208. The van der Waals surface area contributed by atoms with Crippen LogP contribution < -0.4 is 9.46 Å². The molecular weight excluding hydrogens is 469 g/mol. The number of benzene rings is 3. The first-order chi connectivity index (χ1) is 16.0. The van der Waals surface area contributed by atoms with Crippen molar-refractivity contribution >= 4 is 37.6 Å². The minimum Gasteiger partial charge on any atom is -0.493 e. The Morgan fingerprint density at radius 3 is 2.47 bits per heavy atom. The Balaban J connectivity index is 1.64. The molecular formula is C24H21F3N2O4S. The maximum atomic E-state index is 13.7. The van der Waals surface area contributed by atoms with Gasteiger partial charge >= 0.3 is 6.18 Å². The van der Waals surface area contributed by atoms with Gasteiger partial charge in [-0.3, -0.25) is 4.79 Å². The van der Waals surface area contributed by atoms with E-state index in [1.54, 1.807) is 6.07 Å². The molecule has 178 valence electrons. The number of rotatable bonds is 7. The van der Waals surface area contributed by atoms with Crippen molar-refractivity contribution in [3.8, 4) is 5.75 Å². The summed E-state index contributed by atoms with van der Waals surface area (Å²) in [5, 5.41) is 1.75. The van der Waals surface area contributed by atoms with Gasteiger partial charge in [-0.05, 0) is 42.0 Å². The van der Waals surface area contributed by atoms with E-state index in [0.29, 0.717) is 12.2 Å². The van der Waals surface area contributed by atoms with Gasteiger partial charge in [0.25, 0.3) is 5.91 Å². The standard InChI is InChI=1S/C24H21F3N2O4S/c1-34(31,32)29-23(30)22-17(21-18(24(25,26)27)11-5-12-19(21)28-22)10-6-14-33-20-13-4-8-15-7-2-3-9-16(15)20/h2-5,7-9,11-13,28H,6,10,14H2,1H3,(H,29,30). The molecule has 1 amide bonds. The number of fused-ring (bicyclic) bond motifs is 2. The lowest BCUT2D eigenvalue weighted by Gasteiger charge is -2.12. The van der Waals surface area contributed by atoms with E-state index in [1.165, 1.54) is 12.1 Å². The maximum absolute atomic E-state index is 13.7. The van der Waals surface area contributed by atoms with E-state index in [-0.39, 0.29) is 35.2 Å². The SMILES string of the molecule is CS(=O)(=O)NC(=O)c1[nH]c2cccc(C(F)(F)F)c2c1CCCOc1cccc2ccccc12. The fourth-order valence-corrected chi connectivity index (χ4v) is 4.41. The van der Waals surface area contributed by atoms with E-state index in [1.807, 2.05) is 41.1 Å². The summed E-state index contributed by atoms with van der Waals surface area (Å²) < 4.78 is 71.9. The van der Waals surface area contributed by atoms with Crippen LogP contribution in [0, 0.1) is 0 Å². The summed E-state index contributed by atoms with van der Waals surface area (Å²) in [5.74, 6) is -0.375. The van der Waals surface area contributed by atoms with Crippen LogP contribution in [0.1, 0.15) is 28.0 Å². The number of halogens is 3. The van der Waals surface area contributed by atoms with E-state index in [4.69, 9.17) is 4.74 Å². The molecule has 1 aromatic heterocycles. The number of sulfonamides is 1. The van der Waals surface area contributed by atoms with Crippen LogP contribution in [-0.4, -0.2) is 32.2 Å². The van der Waals surface area contributed by atoms with Gasteiger partial charge in [0, 0.05) is 16.3 Å². The third-order valence-electron chi connectivity index (χ3n) is 5.32. The summed E-state index contributed by atoms with van der Waals surface area (Å²) in [6, 6.07) is 16.8. The van der Waals surface area contributed by atoms with Gasteiger partial charge in [0.1, 0.15) is 11.4 Å². The molecule has 0 bridgehead atoms. The van der Waals surface area contributed by atoms with Gasteiger partial charge in [0.05, 0.1) is 18.4 Å². The largest absolute Gasteiger partial charge is 0.493 e. The summed E-state index contributed by atoms with van der Waals surface area (Å²) in [4.78, 5) is 15.2. The molecule has 0 unspecified atom stereocenters. The van der Waals surface area contributed by atoms with Gasteiger partial charge in [-0.15, -0.1) is 0 Å². The molecule has 2 N–H and O–H groups in total. The number of hydrogen-bond acceptors (Lipinski definition) is 4. The molecule has 0 fully saturated rings. The molecule has 0 aliphatic carbocycles. The lowest BCUT2D eigenvalue weighted by Crippen LogP contribution is -2.30. The van der Waals surface area contributed by atoms with Gasteiger partial charge in [-0.1, -0.05) is 42.5 Å².